The third kappa shape index (κ3) is 6.48. The van der Waals surface area contributed by atoms with E-state index in [1.807, 2.05) is 42.5 Å². The summed E-state index contributed by atoms with van der Waals surface area (Å²) in [7, 11) is 0. The Morgan fingerprint density at radius 2 is 2.04 bits per heavy atom. The molecule has 4 aliphatic heterocycles. The second-order valence-corrected chi connectivity index (χ2v) is 14.7. The maximum Gasteiger partial charge on any atom is 0.253 e. The number of benzene rings is 2. The number of hydrogen-bond acceptors (Lipinski definition) is 6. The van der Waals surface area contributed by atoms with Crippen LogP contribution in [-0.2, 0) is 10.4 Å². The molecule has 0 bridgehead atoms. The highest BCUT2D eigenvalue weighted by atomic mass is 35.5. The van der Waals surface area contributed by atoms with Gasteiger partial charge in [-0.05, 0) is 68.2 Å². The van der Waals surface area contributed by atoms with E-state index >= 15 is 0 Å². The summed E-state index contributed by atoms with van der Waals surface area (Å²) in [5.74, 6) is 0.288. The van der Waals surface area contributed by atoms with Crippen LogP contribution >= 0.6 is 23.4 Å². The Morgan fingerprint density at radius 3 is 2.73 bits per heavy atom. The molecule has 0 spiro atoms. The van der Waals surface area contributed by atoms with Crippen LogP contribution in [0.4, 0.5) is 8.78 Å². The van der Waals surface area contributed by atoms with Crippen LogP contribution in [-0.4, -0.2) is 62.4 Å². The van der Waals surface area contributed by atoms with Gasteiger partial charge in [0.2, 0.25) is 0 Å². The highest BCUT2D eigenvalue weighted by Gasteiger charge is 2.45. The third-order valence-corrected chi connectivity index (χ3v) is 11.6. The van der Waals surface area contributed by atoms with Gasteiger partial charge < -0.3 is 14.9 Å². The molecule has 1 fully saturated rings. The molecule has 0 saturated carbocycles. The van der Waals surface area contributed by atoms with E-state index in [0.717, 1.165) is 29.1 Å². The maximum absolute atomic E-state index is 14.5. The first-order chi connectivity index (χ1) is 23.7. The molecule has 1 amide bonds. The van der Waals surface area contributed by atoms with Crippen molar-refractivity contribution in [2.24, 2.45) is 9.98 Å². The highest BCUT2D eigenvalue weighted by molar-refractivity contribution is 8.03. The Balaban J connectivity index is 1.25. The van der Waals surface area contributed by atoms with Crippen LogP contribution < -0.4 is 0 Å². The van der Waals surface area contributed by atoms with Crippen LogP contribution in [0.25, 0.3) is 0 Å². The van der Waals surface area contributed by atoms with Crippen molar-refractivity contribution in [3.63, 3.8) is 0 Å². The Bertz CT molecular complexity index is 1830. The van der Waals surface area contributed by atoms with Crippen LogP contribution in [0.3, 0.4) is 0 Å². The molecule has 2 aromatic carbocycles. The predicted molar refractivity (Wildman–Crippen MR) is 194 cm³/mol. The molecule has 10 heteroatoms. The van der Waals surface area contributed by atoms with Gasteiger partial charge in [-0.25, -0.2) is 8.78 Å². The number of carbonyl (C=O) groups excluding carboxylic acids is 1. The van der Waals surface area contributed by atoms with E-state index in [1.54, 1.807) is 35.0 Å². The van der Waals surface area contributed by atoms with Gasteiger partial charge in [-0.1, -0.05) is 72.8 Å². The zero-order valence-corrected chi connectivity index (χ0v) is 28.9. The third-order valence-electron chi connectivity index (χ3n) is 10.2. The van der Waals surface area contributed by atoms with Crippen LogP contribution in [0.2, 0.25) is 5.02 Å². The Kier molecular flexibility index (Phi) is 9.52. The van der Waals surface area contributed by atoms with Crippen LogP contribution in [0.5, 0.6) is 0 Å². The van der Waals surface area contributed by atoms with E-state index in [-0.39, 0.29) is 22.2 Å². The lowest BCUT2D eigenvalue weighted by molar-refractivity contribution is -0.126. The molecule has 1 aliphatic carbocycles. The average Bonchev–Trinajstić information content (AvgIpc) is 3.86. The normalized spacial score (nSPS) is 28.5. The first-order valence-corrected chi connectivity index (χ1v) is 18.1. The molecule has 254 valence electrons. The number of nitrogens with zero attached hydrogens (tertiary/aromatic N) is 4. The summed E-state index contributed by atoms with van der Waals surface area (Å²) in [6.07, 6.45) is 11.4. The summed E-state index contributed by atoms with van der Waals surface area (Å²) in [6.45, 7) is 6.04. The molecular formula is C39H39ClF2N4O2S. The van der Waals surface area contributed by atoms with Gasteiger partial charge in [0.05, 0.1) is 28.6 Å². The van der Waals surface area contributed by atoms with Gasteiger partial charge in [0, 0.05) is 46.6 Å². The van der Waals surface area contributed by atoms with E-state index in [2.05, 4.69) is 23.0 Å². The molecule has 7 rings (SSSR count). The lowest BCUT2D eigenvalue weighted by atomic mass is 9.86. The van der Waals surface area contributed by atoms with Gasteiger partial charge in [0.1, 0.15) is 23.9 Å². The van der Waals surface area contributed by atoms with Crippen molar-refractivity contribution in [1.82, 2.24) is 9.80 Å². The number of alkyl halides is 1. The lowest BCUT2D eigenvalue weighted by Crippen LogP contribution is -2.43. The minimum absolute atomic E-state index is 0.0461. The summed E-state index contributed by atoms with van der Waals surface area (Å²) < 4.78 is 28.8. The molecule has 0 radical (unpaired) electrons. The van der Waals surface area contributed by atoms with E-state index in [1.165, 1.54) is 19.1 Å². The molecular weight excluding hydrogens is 662 g/mol. The maximum atomic E-state index is 14.5. The summed E-state index contributed by atoms with van der Waals surface area (Å²) in [6, 6.07) is 12.5. The fraction of sp³-hybridized carbons (Fsp3) is 0.359. The number of hydrogen-bond donors (Lipinski definition) is 1. The van der Waals surface area contributed by atoms with E-state index in [9.17, 15) is 18.7 Å². The summed E-state index contributed by atoms with van der Waals surface area (Å²) in [4.78, 5) is 28.3. The van der Waals surface area contributed by atoms with Crippen molar-refractivity contribution in [1.29, 1.82) is 0 Å². The lowest BCUT2D eigenvalue weighted by Gasteiger charge is -2.35. The number of halogens is 3. The van der Waals surface area contributed by atoms with E-state index in [4.69, 9.17) is 21.6 Å². The summed E-state index contributed by atoms with van der Waals surface area (Å²) in [5.41, 5.74) is 3.50. The zero-order chi connectivity index (χ0) is 34.3. The molecule has 5 unspecified atom stereocenters. The van der Waals surface area contributed by atoms with Gasteiger partial charge in [-0.3, -0.25) is 14.8 Å². The highest BCUT2D eigenvalue weighted by Crippen LogP contribution is 2.46. The number of allylic oxidation sites excluding steroid dienone is 3. The minimum atomic E-state index is -1.18. The smallest absolute Gasteiger partial charge is 0.253 e. The van der Waals surface area contributed by atoms with Crippen molar-refractivity contribution >= 4 is 40.8 Å². The monoisotopic (exact) mass is 700 g/mol. The molecule has 0 aromatic heterocycles. The number of thioether (sulfide) groups is 1. The largest absolute Gasteiger partial charge is 0.385 e. The number of aliphatic imine (C=N–C) groups is 2. The Labute approximate surface area is 295 Å². The number of fused-ring (bicyclic) bond motifs is 1. The molecule has 1 saturated heterocycles. The minimum Gasteiger partial charge on any atom is -0.385 e. The molecule has 1 N–H and O–H groups in total. The molecule has 2 aromatic rings. The van der Waals surface area contributed by atoms with E-state index in [0.29, 0.717) is 55.5 Å². The number of carbonyl (C=O) groups is 1. The quantitative estimate of drug-likeness (QED) is 0.301. The second-order valence-electron chi connectivity index (χ2n) is 13.2. The molecule has 49 heavy (non-hydrogen) atoms. The topological polar surface area (TPSA) is 68.5 Å². The molecule has 6 nitrogen and oxygen atoms in total. The van der Waals surface area contributed by atoms with Crippen molar-refractivity contribution in [3.05, 3.63) is 130 Å². The van der Waals surface area contributed by atoms with Crippen molar-refractivity contribution in [2.75, 3.05) is 6.54 Å². The molecule has 5 aliphatic rings. The van der Waals surface area contributed by atoms with E-state index < -0.39 is 29.7 Å². The van der Waals surface area contributed by atoms with Gasteiger partial charge in [-0.2, -0.15) is 0 Å². The fourth-order valence-electron chi connectivity index (χ4n) is 7.56. The van der Waals surface area contributed by atoms with Gasteiger partial charge in [-0.15, -0.1) is 11.8 Å². The standard InChI is InChI=1S/C39H39ClF2N4O2S/c1-3-45(38(47)25-9-7-18-39(48,19-17-25)26-10-5-4-6-11-26)28-22-33-35(32-16-15-31(43-32)24(2)41)36(29-14-13-27(42)21-30(29)40)44-37(46(33)23-28)34-12-8-20-49-34/h3-6,8-11,13-16,20-21,24,28,31,34,36,48H,1,7,12,17-19,22-23H2,2H3/t24?,28?,31?,34?,36-,39?/m0/s1. The van der Waals surface area contributed by atoms with Gasteiger partial charge in [0.25, 0.3) is 5.91 Å². The van der Waals surface area contributed by atoms with Gasteiger partial charge in [0.15, 0.2) is 0 Å². The van der Waals surface area contributed by atoms with Crippen molar-refractivity contribution in [2.45, 2.75) is 80.6 Å². The van der Waals surface area contributed by atoms with Crippen LogP contribution in [0.1, 0.15) is 62.6 Å². The number of aliphatic hydroxyl groups is 1. The first-order valence-electron chi connectivity index (χ1n) is 16.8. The Morgan fingerprint density at radius 1 is 1.22 bits per heavy atom. The number of amidine groups is 1. The second kappa shape index (κ2) is 13.8. The SMILES string of the molecule is C=CN(C(=O)C1=CCCC(O)(c2ccccc2)CC1)C1CC2=C(C3=NC(C(C)F)C=C3)[C@H](c3ccc(F)cc3Cl)N=C(C3CC=CS3)N2C1. The molecule has 6 atom stereocenters. The molecule has 4 heterocycles. The summed E-state index contributed by atoms with van der Waals surface area (Å²) in [5, 5.41) is 13.9. The van der Waals surface area contributed by atoms with Crippen molar-refractivity contribution < 1.29 is 18.7 Å². The number of amides is 1. The predicted octanol–water partition coefficient (Wildman–Crippen LogP) is 8.38. The van der Waals surface area contributed by atoms with Crippen LogP contribution in [0.15, 0.2) is 118 Å². The fourth-order valence-corrected chi connectivity index (χ4v) is 8.78. The summed E-state index contributed by atoms with van der Waals surface area (Å²) >= 11 is 8.38. The Hall–Kier alpha value is -3.79. The van der Waals surface area contributed by atoms with Crippen molar-refractivity contribution in [3.8, 4) is 0 Å². The van der Waals surface area contributed by atoms with Gasteiger partial charge >= 0.3 is 0 Å². The average molecular weight is 701 g/mol. The number of rotatable bonds is 8. The zero-order valence-electron chi connectivity index (χ0n) is 27.3. The van der Waals surface area contributed by atoms with Crippen LogP contribution in [0, 0.1) is 5.82 Å². The first kappa shape index (κ1) is 33.7.